The van der Waals surface area contributed by atoms with Gasteiger partial charge in [-0.1, -0.05) is 61.8 Å². The van der Waals surface area contributed by atoms with Gasteiger partial charge in [0.1, 0.15) is 5.78 Å². The van der Waals surface area contributed by atoms with Crippen LogP contribution in [-0.2, 0) is 23.2 Å². The molecule has 2 atom stereocenters. The van der Waals surface area contributed by atoms with Gasteiger partial charge in [0.05, 0.1) is 5.60 Å². The van der Waals surface area contributed by atoms with Crippen molar-refractivity contribution in [1.29, 1.82) is 0 Å². The molecule has 0 saturated heterocycles. The lowest BCUT2D eigenvalue weighted by molar-refractivity contribution is -0.118. The predicted molar refractivity (Wildman–Crippen MR) is 119 cm³/mol. The van der Waals surface area contributed by atoms with Gasteiger partial charge in [-0.15, -0.1) is 0 Å². The van der Waals surface area contributed by atoms with Gasteiger partial charge in [-0.2, -0.15) is 0 Å². The highest BCUT2D eigenvalue weighted by Crippen LogP contribution is 2.33. The summed E-state index contributed by atoms with van der Waals surface area (Å²) in [6.07, 6.45) is 2.27. The zero-order valence-corrected chi connectivity index (χ0v) is 18.7. The van der Waals surface area contributed by atoms with Gasteiger partial charge in [-0.05, 0) is 66.8 Å². The lowest BCUT2D eigenvalue weighted by atomic mass is 9.81. The molecule has 2 aromatic rings. The number of ketones is 1. The minimum Gasteiger partial charge on any atom is -0.396 e. The number of Topliss-reactive ketones (excluding diaryl/α,β-unsaturated/α-hetero) is 1. The minimum absolute atomic E-state index is 0.102. The van der Waals surface area contributed by atoms with Crippen LogP contribution in [0.5, 0.6) is 0 Å². The molecule has 0 radical (unpaired) electrons. The van der Waals surface area contributed by atoms with E-state index < -0.39 is 5.60 Å². The zero-order valence-electron chi connectivity index (χ0n) is 17.9. The molecular weight excluding hydrogens is 384 g/mol. The summed E-state index contributed by atoms with van der Waals surface area (Å²) in [7, 11) is 0. The lowest BCUT2D eigenvalue weighted by Gasteiger charge is -2.27. The summed E-state index contributed by atoms with van der Waals surface area (Å²) in [5.74, 6) is 0.452. The van der Waals surface area contributed by atoms with Gasteiger partial charge in [-0.25, -0.2) is 0 Å². The first-order valence-corrected chi connectivity index (χ1v) is 10.7. The number of aliphatic hydroxyl groups excluding tert-OH is 1. The predicted octanol–water partition coefficient (Wildman–Crippen LogP) is 5.43. The maximum absolute atomic E-state index is 12.5. The number of hydrogen-bond donors (Lipinski definition) is 2. The van der Waals surface area contributed by atoms with E-state index in [2.05, 4.69) is 13.0 Å². The SMILES string of the molecule is C[C@@H](CO)Cc1c([C@H](C)CCC(=O)Cc2ccccc2Cl)cccc1C(C)(C)O. The van der Waals surface area contributed by atoms with Crippen molar-refractivity contribution >= 4 is 17.4 Å². The molecule has 0 aliphatic carbocycles. The van der Waals surface area contributed by atoms with Crippen LogP contribution in [0.3, 0.4) is 0 Å². The Balaban J connectivity index is 2.16. The van der Waals surface area contributed by atoms with Crippen LogP contribution in [0.15, 0.2) is 42.5 Å². The fourth-order valence-electron chi connectivity index (χ4n) is 3.76. The van der Waals surface area contributed by atoms with Crippen LogP contribution < -0.4 is 0 Å². The monoisotopic (exact) mass is 416 g/mol. The van der Waals surface area contributed by atoms with E-state index in [1.54, 1.807) is 13.8 Å². The average molecular weight is 417 g/mol. The van der Waals surface area contributed by atoms with Crippen LogP contribution in [0, 0.1) is 5.92 Å². The van der Waals surface area contributed by atoms with Crippen molar-refractivity contribution in [2.24, 2.45) is 5.92 Å². The molecule has 0 fully saturated rings. The van der Waals surface area contributed by atoms with Crippen LogP contribution in [0.2, 0.25) is 5.02 Å². The van der Waals surface area contributed by atoms with E-state index >= 15 is 0 Å². The fourth-order valence-corrected chi connectivity index (χ4v) is 3.96. The number of hydrogen-bond acceptors (Lipinski definition) is 3. The molecule has 2 N–H and O–H groups in total. The van der Waals surface area contributed by atoms with E-state index in [-0.39, 0.29) is 24.2 Å². The van der Waals surface area contributed by atoms with Gasteiger partial charge >= 0.3 is 0 Å². The third-order valence-electron chi connectivity index (χ3n) is 5.47. The summed E-state index contributed by atoms with van der Waals surface area (Å²) in [6.45, 7) is 7.81. The molecule has 0 unspecified atom stereocenters. The Kier molecular flexibility index (Phi) is 8.45. The zero-order chi connectivity index (χ0) is 21.6. The Hall–Kier alpha value is -1.68. The number of rotatable bonds is 10. The highest BCUT2D eigenvalue weighted by Gasteiger charge is 2.24. The van der Waals surface area contributed by atoms with Crippen molar-refractivity contribution < 1.29 is 15.0 Å². The molecule has 0 spiro atoms. The second-order valence-corrected chi connectivity index (χ2v) is 9.08. The van der Waals surface area contributed by atoms with Gasteiger partial charge in [0.2, 0.25) is 0 Å². The molecule has 0 bridgehead atoms. The fraction of sp³-hybridized carbons (Fsp3) is 0.480. The maximum atomic E-state index is 12.5. The van der Waals surface area contributed by atoms with E-state index in [0.29, 0.717) is 24.3 Å². The first kappa shape index (κ1) is 23.6. The minimum atomic E-state index is -0.958. The normalized spacial score (nSPS) is 13.9. The van der Waals surface area contributed by atoms with Crippen LogP contribution in [0.4, 0.5) is 0 Å². The van der Waals surface area contributed by atoms with Gasteiger partial charge < -0.3 is 10.2 Å². The summed E-state index contributed by atoms with van der Waals surface area (Å²) >= 11 is 6.17. The van der Waals surface area contributed by atoms with Gasteiger partial charge in [0.15, 0.2) is 0 Å². The number of halogens is 1. The number of aliphatic hydroxyl groups is 2. The Bertz CT molecular complexity index is 823. The van der Waals surface area contributed by atoms with Crippen LogP contribution in [0.1, 0.15) is 68.7 Å². The van der Waals surface area contributed by atoms with E-state index in [1.165, 1.54) is 0 Å². The summed E-state index contributed by atoms with van der Waals surface area (Å²) < 4.78 is 0. The van der Waals surface area contributed by atoms with Gasteiger partial charge in [0, 0.05) is 24.5 Å². The molecule has 4 heteroatoms. The molecule has 158 valence electrons. The average Bonchev–Trinajstić information content (AvgIpc) is 2.67. The molecule has 3 nitrogen and oxygen atoms in total. The molecule has 0 aliphatic heterocycles. The molecule has 0 aliphatic rings. The Morgan fingerprint density at radius 1 is 1.10 bits per heavy atom. The standard InChI is InChI=1S/C25H33ClO3/c1-17(16-27)14-22-21(9-7-10-23(22)25(3,4)29)18(2)12-13-20(28)15-19-8-5-6-11-24(19)26/h5-11,17-18,27,29H,12-16H2,1-4H3/t17-,18-/m1/s1. The lowest BCUT2D eigenvalue weighted by Crippen LogP contribution is -2.21. The molecule has 2 aromatic carbocycles. The van der Waals surface area contributed by atoms with Crippen molar-refractivity contribution in [1.82, 2.24) is 0 Å². The van der Waals surface area contributed by atoms with Crippen molar-refractivity contribution in [3.63, 3.8) is 0 Å². The highest BCUT2D eigenvalue weighted by molar-refractivity contribution is 6.31. The Labute approximate surface area is 179 Å². The molecule has 29 heavy (non-hydrogen) atoms. The van der Waals surface area contributed by atoms with Crippen molar-refractivity contribution in [3.05, 3.63) is 69.7 Å². The first-order valence-electron chi connectivity index (χ1n) is 10.3. The van der Waals surface area contributed by atoms with E-state index in [0.717, 1.165) is 28.7 Å². The largest absolute Gasteiger partial charge is 0.396 e. The molecule has 0 heterocycles. The molecule has 0 amide bonds. The van der Waals surface area contributed by atoms with Gasteiger partial charge in [0.25, 0.3) is 0 Å². The van der Waals surface area contributed by atoms with E-state index in [4.69, 9.17) is 11.6 Å². The summed E-state index contributed by atoms with van der Waals surface area (Å²) in [5, 5.41) is 20.8. The molecule has 2 rings (SSSR count). The number of benzene rings is 2. The molecule has 0 aromatic heterocycles. The molecule has 0 saturated carbocycles. The smallest absolute Gasteiger partial charge is 0.137 e. The third kappa shape index (κ3) is 6.67. The van der Waals surface area contributed by atoms with Crippen LogP contribution in [-0.4, -0.2) is 22.6 Å². The van der Waals surface area contributed by atoms with Crippen molar-refractivity contribution in [2.75, 3.05) is 6.61 Å². The Morgan fingerprint density at radius 2 is 1.79 bits per heavy atom. The molecular formula is C25H33ClO3. The van der Waals surface area contributed by atoms with Crippen LogP contribution in [0.25, 0.3) is 0 Å². The summed E-state index contributed by atoms with van der Waals surface area (Å²) in [4.78, 5) is 12.5. The van der Waals surface area contributed by atoms with Crippen LogP contribution >= 0.6 is 11.6 Å². The highest BCUT2D eigenvalue weighted by atomic mass is 35.5. The van der Waals surface area contributed by atoms with E-state index in [1.807, 2.05) is 43.3 Å². The van der Waals surface area contributed by atoms with Crippen molar-refractivity contribution in [3.8, 4) is 0 Å². The third-order valence-corrected chi connectivity index (χ3v) is 5.84. The first-order chi connectivity index (χ1) is 13.6. The maximum Gasteiger partial charge on any atom is 0.137 e. The van der Waals surface area contributed by atoms with Crippen molar-refractivity contribution in [2.45, 2.75) is 64.9 Å². The number of carbonyl (C=O) groups is 1. The summed E-state index contributed by atoms with van der Waals surface area (Å²) in [6, 6.07) is 13.5. The second-order valence-electron chi connectivity index (χ2n) is 8.67. The quantitative estimate of drug-likeness (QED) is 0.542. The summed E-state index contributed by atoms with van der Waals surface area (Å²) in [5.41, 5.74) is 3.04. The second kappa shape index (κ2) is 10.4. The topological polar surface area (TPSA) is 57.5 Å². The number of carbonyl (C=O) groups excluding carboxylic acids is 1. The van der Waals surface area contributed by atoms with Gasteiger partial charge in [-0.3, -0.25) is 4.79 Å². The van der Waals surface area contributed by atoms with E-state index in [9.17, 15) is 15.0 Å². The Morgan fingerprint density at radius 3 is 2.41 bits per heavy atom.